The molecule has 1 unspecified atom stereocenters. The number of aromatic nitrogens is 2. The van der Waals surface area contributed by atoms with Crippen LogP contribution in [0.4, 0.5) is 9.52 Å². The molecule has 236 valence electrons. The lowest BCUT2D eigenvalue weighted by atomic mass is 10.0. The summed E-state index contributed by atoms with van der Waals surface area (Å²) in [5.74, 6) is -1.66. The van der Waals surface area contributed by atoms with Crippen molar-refractivity contribution in [2.75, 3.05) is 37.1 Å². The summed E-state index contributed by atoms with van der Waals surface area (Å²) in [5.41, 5.74) is 16.9. The van der Waals surface area contributed by atoms with E-state index in [4.69, 9.17) is 22.0 Å². The minimum Gasteiger partial charge on any atom is -0.477 e. The highest BCUT2D eigenvalue weighted by atomic mass is 32.2. The summed E-state index contributed by atoms with van der Waals surface area (Å²) < 4.78 is 12.5. The fourth-order valence-corrected chi connectivity index (χ4v) is 8.25. The standard InChI is InChI=1S/C24H28FN9O6S4/c25-2-4-40-33-16(13-9-43-24(28)31-13)19(36)32-17-20(37)34-18(22(38)39)15(10-42-21(17)34)44-14-1-3-29-5-11(14)7-41-8-12(6-35)30-23(26)27/h1,3,5,9,12,17,21,35H,2,4,6-8,10H2,(H2,28,31)(H,32,36)(H,38,39)(H4,26,27,30)/b33-16-/t12?,17-,21-/m1/s1. The number of aliphatic carboxylic acids is 1. The minimum atomic E-state index is -1.29. The van der Waals surface area contributed by atoms with Crippen LogP contribution < -0.4 is 22.5 Å². The van der Waals surface area contributed by atoms with Crippen molar-refractivity contribution in [3.8, 4) is 0 Å². The van der Waals surface area contributed by atoms with E-state index in [1.54, 1.807) is 18.5 Å². The number of β-lactam (4-membered cyclic amide) rings is 1. The maximum atomic E-state index is 13.2. The summed E-state index contributed by atoms with van der Waals surface area (Å²) in [7, 11) is 0. The molecule has 2 amide bonds. The number of aliphatic imine (C=N–C) groups is 1. The zero-order valence-electron chi connectivity index (χ0n) is 22.8. The summed E-state index contributed by atoms with van der Waals surface area (Å²) in [5, 5.41) is 26.8. The molecule has 44 heavy (non-hydrogen) atoms. The van der Waals surface area contributed by atoms with E-state index in [-0.39, 0.29) is 40.6 Å². The van der Waals surface area contributed by atoms with E-state index in [1.807, 2.05) is 0 Å². The maximum Gasteiger partial charge on any atom is 0.353 e. The van der Waals surface area contributed by atoms with Crippen molar-refractivity contribution in [1.29, 1.82) is 0 Å². The Morgan fingerprint density at radius 2 is 2.16 bits per heavy atom. The van der Waals surface area contributed by atoms with Crippen LogP contribution in [0.25, 0.3) is 0 Å². The molecule has 2 aromatic rings. The number of anilines is 1. The number of carbonyl (C=O) groups is 3. The zero-order chi connectivity index (χ0) is 31.8. The van der Waals surface area contributed by atoms with Gasteiger partial charge in [0.2, 0.25) is 0 Å². The number of thioether (sulfide) groups is 3. The van der Waals surface area contributed by atoms with Crippen LogP contribution >= 0.6 is 46.6 Å². The van der Waals surface area contributed by atoms with Crippen molar-refractivity contribution in [3.63, 3.8) is 0 Å². The first-order valence-electron chi connectivity index (χ1n) is 12.7. The number of guanidine groups is 1. The number of rotatable bonds is 15. The third-order valence-corrected chi connectivity index (χ3v) is 10.4. The number of oxime groups is 1. The first-order chi connectivity index (χ1) is 21.1. The second-order valence-corrected chi connectivity index (χ2v) is 13.1. The average molecular weight is 686 g/mol. The fraction of sp³-hybridized carbons (Fsp3) is 0.375. The molecule has 4 rings (SSSR count). The van der Waals surface area contributed by atoms with Crippen LogP contribution in [0.15, 0.2) is 49.5 Å². The summed E-state index contributed by atoms with van der Waals surface area (Å²) in [4.78, 5) is 58.0. The molecule has 2 aliphatic heterocycles. The Morgan fingerprint density at radius 3 is 2.82 bits per heavy atom. The molecule has 0 spiro atoms. The predicted molar refractivity (Wildman–Crippen MR) is 168 cm³/mol. The number of fused-ring (bicyclic) bond motifs is 1. The van der Waals surface area contributed by atoms with Gasteiger partial charge in [0.25, 0.3) is 11.8 Å². The van der Waals surface area contributed by atoms with E-state index < -0.39 is 48.5 Å². The zero-order valence-corrected chi connectivity index (χ0v) is 26.1. The van der Waals surface area contributed by atoms with Crippen molar-refractivity contribution < 1.29 is 33.8 Å². The maximum absolute atomic E-state index is 13.2. The Kier molecular flexibility index (Phi) is 11.7. The normalized spacial score (nSPS) is 18.7. The van der Waals surface area contributed by atoms with Crippen molar-refractivity contribution in [1.82, 2.24) is 20.2 Å². The number of carbonyl (C=O) groups excluding carboxylic acids is 2. The van der Waals surface area contributed by atoms with Crippen LogP contribution in [0.5, 0.6) is 0 Å². The third-order valence-electron chi connectivity index (χ3n) is 5.93. The number of aliphatic hydroxyl groups excluding tert-OH is 1. The highest BCUT2D eigenvalue weighted by Crippen LogP contribution is 2.46. The Balaban J connectivity index is 1.48. The molecule has 9 N–H and O–H groups in total. The number of amides is 2. The number of nitrogens with zero attached hydrogens (tertiary/aromatic N) is 5. The topological polar surface area (TPSA) is 245 Å². The van der Waals surface area contributed by atoms with Crippen LogP contribution in [0, 0.1) is 0 Å². The molecule has 4 heterocycles. The van der Waals surface area contributed by atoms with Crippen molar-refractivity contribution in [2.45, 2.75) is 28.1 Å². The predicted octanol–water partition coefficient (Wildman–Crippen LogP) is 0.166. The molecular weight excluding hydrogens is 658 g/mol. The minimum absolute atomic E-state index is 0.0861. The van der Waals surface area contributed by atoms with Crippen LogP contribution in [0.1, 0.15) is 11.3 Å². The number of nitrogens with one attached hydrogen (secondary N) is 1. The lowest BCUT2D eigenvalue weighted by molar-refractivity contribution is -0.150. The molecule has 3 atom stereocenters. The molecule has 2 aliphatic rings. The molecule has 2 aromatic heterocycles. The largest absolute Gasteiger partial charge is 0.477 e. The van der Waals surface area contributed by atoms with Gasteiger partial charge in [0.15, 0.2) is 16.8 Å². The van der Waals surface area contributed by atoms with Gasteiger partial charge in [0, 0.05) is 44.8 Å². The van der Waals surface area contributed by atoms with E-state index in [9.17, 15) is 29.0 Å². The molecular formula is C24H28FN9O6S4. The number of thiazole rings is 1. The SMILES string of the molecule is NC(N)=NC(CO)CSCc1cnccc1SC1=C(C(=O)O)N2C(=O)[C@@H](NC(=O)/C(=N\OCCF)c3csc(N)n3)[C@H]2SC1. The third kappa shape index (κ3) is 7.92. The molecule has 0 radical (unpaired) electrons. The van der Waals surface area contributed by atoms with Gasteiger partial charge in [-0.1, -0.05) is 16.9 Å². The van der Waals surface area contributed by atoms with Crippen LogP contribution in [0.3, 0.4) is 0 Å². The highest BCUT2D eigenvalue weighted by molar-refractivity contribution is 8.06. The first-order valence-corrected chi connectivity index (χ1v) is 16.6. The summed E-state index contributed by atoms with van der Waals surface area (Å²) in [6.07, 6.45) is 3.25. The number of alkyl halides is 1. The fourth-order valence-electron chi connectivity index (χ4n) is 4.03. The van der Waals surface area contributed by atoms with E-state index in [2.05, 4.69) is 25.4 Å². The van der Waals surface area contributed by atoms with Gasteiger partial charge in [-0.05, 0) is 11.6 Å². The second-order valence-electron chi connectivity index (χ2n) is 8.96. The number of halogens is 1. The summed E-state index contributed by atoms with van der Waals surface area (Å²) >= 11 is 5.03. The smallest absolute Gasteiger partial charge is 0.353 e. The second kappa shape index (κ2) is 15.4. The number of hydrogen-bond donors (Lipinski definition) is 6. The van der Waals surface area contributed by atoms with Crippen LogP contribution in [-0.4, -0.2) is 103 Å². The van der Waals surface area contributed by atoms with E-state index in [1.165, 1.54) is 40.7 Å². The number of hydrogen-bond acceptors (Lipinski definition) is 14. The van der Waals surface area contributed by atoms with Crippen molar-refractivity contribution in [3.05, 3.63) is 45.7 Å². The Morgan fingerprint density at radius 1 is 1.36 bits per heavy atom. The molecule has 0 aliphatic carbocycles. The molecule has 0 bridgehead atoms. The molecule has 0 saturated carbocycles. The molecule has 1 saturated heterocycles. The van der Waals surface area contributed by atoms with Crippen LogP contribution in [-0.2, 0) is 25.0 Å². The average Bonchev–Trinajstić information content (AvgIpc) is 3.43. The van der Waals surface area contributed by atoms with E-state index >= 15 is 0 Å². The molecule has 0 aromatic carbocycles. The van der Waals surface area contributed by atoms with Gasteiger partial charge in [-0.25, -0.2) is 19.2 Å². The monoisotopic (exact) mass is 685 g/mol. The molecule has 1 fully saturated rings. The number of carboxylic acids is 1. The van der Waals surface area contributed by atoms with E-state index in [0.29, 0.717) is 16.4 Å². The van der Waals surface area contributed by atoms with E-state index in [0.717, 1.165) is 26.7 Å². The number of pyridine rings is 1. The lowest BCUT2D eigenvalue weighted by Crippen LogP contribution is -2.71. The summed E-state index contributed by atoms with van der Waals surface area (Å²) in [6.45, 7) is -1.45. The van der Waals surface area contributed by atoms with Crippen molar-refractivity contribution >= 4 is 81.2 Å². The van der Waals surface area contributed by atoms with Gasteiger partial charge < -0.3 is 37.6 Å². The van der Waals surface area contributed by atoms with Gasteiger partial charge in [0.05, 0.1) is 12.6 Å². The molecule has 20 heteroatoms. The molecule has 15 nitrogen and oxygen atoms in total. The highest BCUT2D eigenvalue weighted by Gasteiger charge is 2.54. The van der Waals surface area contributed by atoms with Crippen LogP contribution in [0.2, 0.25) is 0 Å². The van der Waals surface area contributed by atoms with Gasteiger partial charge in [-0.2, -0.15) is 11.8 Å². The summed E-state index contributed by atoms with van der Waals surface area (Å²) in [6, 6.07) is 0.232. The Hall–Kier alpha value is -3.59. The first kappa shape index (κ1) is 33.3. The van der Waals surface area contributed by atoms with Gasteiger partial charge in [-0.3, -0.25) is 19.5 Å². The van der Waals surface area contributed by atoms with Gasteiger partial charge in [0.1, 0.15) is 36.1 Å². The Bertz CT molecular complexity index is 1490. The quantitative estimate of drug-likeness (QED) is 0.0481. The Labute approximate surface area is 267 Å². The van der Waals surface area contributed by atoms with Crippen molar-refractivity contribution in [2.24, 2.45) is 21.6 Å². The van der Waals surface area contributed by atoms with Gasteiger partial charge in [-0.15, -0.1) is 23.1 Å². The number of nitrogens with two attached hydrogens (primary N) is 3. The number of aliphatic hydroxyl groups is 1. The number of nitrogen functional groups attached to an aromatic ring is 1. The lowest BCUT2D eigenvalue weighted by Gasteiger charge is -2.49. The van der Waals surface area contributed by atoms with Gasteiger partial charge >= 0.3 is 5.97 Å². The number of carboxylic acid groups (broad SMARTS) is 1.